The fourth-order valence-electron chi connectivity index (χ4n) is 4.47. The zero-order chi connectivity index (χ0) is 19.5. The molecule has 28 heavy (non-hydrogen) atoms. The topological polar surface area (TPSA) is 49.3 Å². The molecule has 0 radical (unpaired) electrons. The van der Waals surface area contributed by atoms with Gasteiger partial charge in [-0.25, -0.2) is 9.97 Å². The second-order valence-corrected chi connectivity index (χ2v) is 8.28. The van der Waals surface area contributed by atoms with Crippen molar-refractivity contribution < 1.29 is 4.79 Å². The maximum absolute atomic E-state index is 11.5. The molecule has 3 heterocycles. The molecule has 1 fully saturated rings. The molecule has 0 N–H and O–H groups in total. The van der Waals surface area contributed by atoms with Crippen molar-refractivity contribution in [1.29, 1.82) is 0 Å². The van der Waals surface area contributed by atoms with E-state index in [1.807, 2.05) is 11.1 Å². The Kier molecular flexibility index (Phi) is 5.72. The van der Waals surface area contributed by atoms with E-state index in [1.165, 1.54) is 16.8 Å². The average Bonchev–Trinajstić information content (AvgIpc) is 2.74. The number of hydrogen-bond donors (Lipinski definition) is 0. The molecule has 0 bridgehead atoms. The third-order valence-corrected chi connectivity index (χ3v) is 6.24. The predicted molar refractivity (Wildman–Crippen MR) is 110 cm³/mol. The summed E-state index contributed by atoms with van der Waals surface area (Å²) >= 11 is 0. The highest BCUT2D eigenvalue weighted by Gasteiger charge is 2.26. The number of likely N-dealkylation sites (tertiary alicyclic amines) is 1. The maximum Gasteiger partial charge on any atom is 0.219 e. The second-order valence-electron chi connectivity index (χ2n) is 8.28. The van der Waals surface area contributed by atoms with Crippen molar-refractivity contribution in [3.8, 4) is 0 Å². The van der Waals surface area contributed by atoms with Crippen molar-refractivity contribution in [2.24, 2.45) is 0 Å². The SMILES string of the molecule is CC(=O)N1CCC(c2ncc3c(n2)CCN(C[C@H](C)c2ccccc2)C3)CC1. The van der Waals surface area contributed by atoms with Crippen LogP contribution < -0.4 is 0 Å². The lowest BCUT2D eigenvalue weighted by Gasteiger charge is -2.32. The summed E-state index contributed by atoms with van der Waals surface area (Å²) in [5.74, 6) is 2.06. The van der Waals surface area contributed by atoms with Gasteiger partial charge in [0.1, 0.15) is 5.82 Å². The van der Waals surface area contributed by atoms with Crippen LogP contribution in [0, 0.1) is 0 Å². The molecule has 0 aliphatic carbocycles. The third-order valence-electron chi connectivity index (χ3n) is 6.24. The minimum Gasteiger partial charge on any atom is -0.343 e. The number of nitrogens with zero attached hydrogens (tertiary/aromatic N) is 4. The summed E-state index contributed by atoms with van der Waals surface area (Å²) in [7, 11) is 0. The van der Waals surface area contributed by atoms with Gasteiger partial charge in [-0.2, -0.15) is 0 Å². The van der Waals surface area contributed by atoms with Crippen LogP contribution in [0.5, 0.6) is 0 Å². The molecule has 0 saturated carbocycles. The lowest BCUT2D eigenvalue weighted by molar-refractivity contribution is -0.129. The van der Waals surface area contributed by atoms with Crippen molar-refractivity contribution in [2.75, 3.05) is 26.2 Å². The van der Waals surface area contributed by atoms with Gasteiger partial charge in [0.05, 0.1) is 0 Å². The number of amides is 1. The van der Waals surface area contributed by atoms with E-state index in [1.54, 1.807) is 6.92 Å². The maximum atomic E-state index is 11.5. The summed E-state index contributed by atoms with van der Waals surface area (Å²) in [5, 5.41) is 0. The van der Waals surface area contributed by atoms with Crippen LogP contribution in [0.3, 0.4) is 0 Å². The molecule has 1 atom stereocenters. The van der Waals surface area contributed by atoms with Crippen LogP contribution in [0.15, 0.2) is 36.5 Å². The van der Waals surface area contributed by atoms with Crippen LogP contribution in [0.25, 0.3) is 0 Å². The monoisotopic (exact) mass is 378 g/mol. The Hall–Kier alpha value is -2.27. The number of hydrogen-bond acceptors (Lipinski definition) is 4. The summed E-state index contributed by atoms with van der Waals surface area (Å²) in [6.45, 7) is 8.67. The molecule has 0 unspecified atom stereocenters. The second kappa shape index (κ2) is 8.39. The quantitative estimate of drug-likeness (QED) is 0.819. The van der Waals surface area contributed by atoms with E-state index < -0.39 is 0 Å². The van der Waals surface area contributed by atoms with Gasteiger partial charge < -0.3 is 4.90 Å². The highest BCUT2D eigenvalue weighted by Crippen LogP contribution is 2.28. The van der Waals surface area contributed by atoms with Crippen LogP contribution >= 0.6 is 0 Å². The molecule has 5 heteroatoms. The lowest BCUT2D eigenvalue weighted by atomic mass is 9.95. The van der Waals surface area contributed by atoms with Gasteiger partial charge in [0.2, 0.25) is 5.91 Å². The van der Waals surface area contributed by atoms with Crippen molar-refractivity contribution in [3.63, 3.8) is 0 Å². The minimum atomic E-state index is 0.176. The molecular weight excluding hydrogens is 348 g/mol. The largest absolute Gasteiger partial charge is 0.343 e. The Morgan fingerprint density at radius 1 is 1.18 bits per heavy atom. The summed E-state index contributed by atoms with van der Waals surface area (Å²) in [4.78, 5) is 25.6. The number of rotatable bonds is 4. The number of benzene rings is 1. The summed E-state index contributed by atoms with van der Waals surface area (Å²) < 4.78 is 0. The van der Waals surface area contributed by atoms with Crippen molar-refractivity contribution in [2.45, 2.75) is 51.5 Å². The van der Waals surface area contributed by atoms with Crippen molar-refractivity contribution >= 4 is 5.91 Å². The molecule has 2 aliphatic heterocycles. The van der Waals surface area contributed by atoms with Crippen molar-refractivity contribution in [1.82, 2.24) is 19.8 Å². The minimum absolute atomic E-state index is 0.176. The molecular formula is C23H30N4O. The van der Waals surface area contributed by atoms with E-state index in [0.29, 0.717) is 11.8 Å². The van der Waals surface area contributed by atoms with E-state index in [9.17, 15) is 4.79 Å². The van der Waals surface area contributed by atoms with E-state index in [2.05, 4.69) is 42.2 Å². The number of aromatic nitrogens is 2. The van der Waals surface area contributed by atoms with Crippen LogP contribution in [-0.4, -0.2) is 51.9 Å². The molecule has 148 valence electrons. The average molecular weight is 379 g/mol. The van der Waals surface area contributed by atoms with E-state index in [4.69, 9.17) is 9.97 Å². The molecule has 2 aliphatic rings. The van der Waals surface area contributed by atoms with Crippen LogP contribution in [-0.2, 0) is 17.8 Å². The van der Waals surface area contributed by atoms with Gasteiger partial charge in [0.25, 0.3) is 0 Å². The van der Waals surface area contributed by atoms with Crippen molar-refractivity contribution in [3.05, 3.63) is 59.2 Å². The number of piperidine rings is 1. The number of carbonyl (C=O) groups is 1. The summed E-state index contributed by atoms with van der Waals surface area (Å²) in [6.07, 6.45) is 4.99. The molecule has 1 amide bonds. The first-order valence-corrected chi connectivity index (χ1v) is 10.5. The molecule has 0 spiro atoms. The molecule has 5 nitrogen and oxygen atoms in total. The fraction of sp³-hybridized carbons (Fsp3) is 0.522. The first kappa shape index (κ1) is 19.1. The molecule has 1 saturated heterocycles. The van der Waals surface area contributed by atoms with E-state index in [-0.39, 0.29) is 5.91 Å². The van der Waals surface area contributed by atoms with Crippen LogP contribution in [0.4, 0.5) is 0 Å². The van der Waals surface area contributed by atoms with Crippen LogP contribution in [0.1, 0.15) is 61.2 Å². The Morgan fingerprint density at radius 2 is 1.93 bits per heavy atom. The first-order valence-electron chi connectivity index (χ1n) is 10.5. The number of carbonyl (C=O) groups excluding carboxylic acids is 1. The zero-order valence-corrected chi connectivity index (χ0v) is 17.0. The molecule has 2 aromatic rings. The van der Waals surface area contributed by atoms with Gasteiger partial charge in [0.15, 0.2) is 0 Å². The highest BCUT2D eigenvalue weighted by molar-refractivity contribution is 5.73. The van der Waals surface area contributed by atoms with Crippen LogP contribution in [0.2, 0.25) is 0 Å². The van der Waals surface area contributed by atoms with Gasteiger partial charge in [-0.1, -0.05) is 37.3 Å². The fourth-order valence-corrected chi connectivity index (χ4v) is 4.47. The zero-order valence-electron chi connectivity index (χ0n) is 17.0. The van der Waals surface area contributed by atoms with E-state index >= 15 is 0 Å². The van der Waals surface area contributed by atoms with Gasteiger partial charge in [-0.05, 0) is 24.3 Å². The summed E-state index contributed by atoms with van der Waals surface area (Å²) in [6, 6.07) is 10.7. The molecule has 1 aromatic heterocycles. The molecule has 1 aromatic carbocycles. The summed E-state index contributed by atoms with van der Waals surface area (Å²) in [5.41, 5.74) is 3.90. The Bertz CT molecular complexity index is 815. The van der Waals surface area contributed by atoms with Gasteiger partial charge in [-0.15, -0.1) is 0 Å². The lowest BCUT2D eigenvalue weighted by Crippen LogP contribution is -2.37. The standard InChI is InChI=1S/C23H30N4O/c1-17(19-6-4-3-5-7-19)15-26-11-10-22-21(16-26)14-24-23(25-22)20-8-12-27(13-9-20)18(2)28/h3-7,14,17,20H,8-13,15-16H2,1-2H3/t17-/m0/s1. The number of fused-ring (bicyclic) bond motifs is 1. The third kappa shape index (κ3) is 4.25. The Labute approximate surface area is 167 Å². The Balaban J connectivity index is 1.37. The van der Waals surface area contributed by atoms with Gasteiger partial charge >= 0.3 is 0 Å². The van der Waals surface area contributed by atoms with Gasteiger partial charge in [-0.3, -0.25) is 9.69 Å². The predicted octanol–water partition coefficient (Wildman–Crippen LogP) is 3.36. The highest BCUT2D eigenvalue weighted by atomic mass is 16.2. The smallest absolute Gasteiger partial charge is 0.219 e. The Morgan fingerprint density at radius 3 is 2.64 bits per heavy atom. The first-order chi connectivity index (χ1) is 13.6. The normalized spacial score (nSPS) is 19.3. The van der Waals surface area contributed by atoms with E-state index in [0.717, 1.165) is 57.8 Å². The van der Waals surface area contributed by atoms with Gasteiger partial charge in [0, 0.05) is 69.4 Å². The molecule has 4 rings (SSSR count).